The first-order chi connectivity index (χ1) is 8.88. The molecular formula is C16H27ClN2O. The van der Waals surface area contributed by atoms with Crippen LogP contribution in [-0.2, 0) is 4.79 Å². The van der Waals surface area contributed by atoms with E-state index in [0.717, 1.165) is 5.69 Å². The van der Waals surface area contributed by atoms with Crippen LogP contribution < -0.4 is 11.1 Å². The lowest BCUT2D eigenvalue weighted by molar-refractivity contribution is -0.119. The van der Waals surface area contributed by atoms with Crippen LogP contribution in [0.1, 0.15) is 57.6 Å². The van der Waals surface area contributed by atoms with Crippen LogP contribution in [0.25, 0.3) is 0 Å². The molecule has 0 heterocycles. The van der Waals surface area contributed by atoms with Gasteiger partial charge in [0.05, 0.1) is 0 Å². The average molecular weight is 299 g/mol. The maximum absolute atomic E-state index is 12.1. The molecule has 1 rings (SSSR count). The summed E-state index contributed by atoms with van der Waals surface area (Å²) in [6.07, 6.45) is 0. The first-order valence-corrected chi connectivity index (χ1v) is 7.02. The van der Waals surface area contributed by atoms with E-state index in [2.05, 4.69) is 51.2 Å². The third-order valence-corrected chi connectivity index (χ3v) is 3.42. The van der Waals surface area contributed by atoms with E-state index in [0.29, 0.717) is 18.4 Å². The smallest absolute Gasteiger partial charge is 0.228 e. The monoisotopic (exact) mass is 298 g/mol. The number of carbonyl (C=O) groups is 1. The second-order valence-electron chi connectivity index (χ2n) is 5.75. The van der Waals surface area contributed by atoms with Crippen LogP contribution in [-0.4, -0.2) is 12.5 Å². The third-order valence-electron chi connectivity index (χ3n) is 3.42. The summed E-state index contributed by atoms with van der Waals surface area (Å²) in [5.41, 5.74) is 8.90. The van der Waals surface area contributed by atoms with Gasteiger partial charge in [-0.15, -0.1) is 12.4 Å². The normalized spacial score (nSPS) is 12.2. The Bertz CT molecular complexity index is 418. The van der Waals surface area contributed by atoms with Crippen molar-refractivity contribution >= 4 is 24.0 Å². The second kappa shape index (κ2) is 8.28. The fourth-order valence-corrected chi connectivity index (χ4v) is 2.05. The van der Waals surface area contributed by atoms with Gasteiger partial charge < -0.3 is 11.1 Å². The number of carbonyl (C=O) groups excluding carboxylic acids is 1. The van der Waals surface area contributed by atoms with Crippen molar-refractivity contribution in [3.8, 4) is 0 Å². The Morgan fingerprint density at radius 1 is 1.10 bits per heavy atom. The van der Waals surface area contributed by atoms with Crippen LogP contribution >= 0.6 is 12.4 Å². The maximum atomic E-state index is 12.1. The standard InChI is InChI=1S/C16H26N2O.ClH/c1-10(2)13-7-6-8-14(11(3)4)15(13)18-16(19)12(5)9-17;/h6-8,10-12H,9,17H2,1-5H3,(H,18,19);1H. The van der Waals surface area contributed by atoms with Crippen molar-refractivity contribution in [2.75, 3.05) is 11.9 Å². The van der Waals surface area contributed by atoms with Gasteiger partial charge in [0.1, 0.15) is 0 Å². The molecule has 0 fully saturated rings. The van der Waals surface area contributed by atoms with Gasteiger partial charge in [-0.25, -0.2) is 0 Å². The van der Waals surface area contributed by atoms with Gasteiger partial charge in [0.15, 0.2) is 0 Å². The molecule has 1 amide bonds. The molecule has 4 heteroatoms. The van der Waals surface area contributed by atoms with E-state index in [1.54, 1.807) is 0 Å². The first kappa shape index (κ1) is 18.9. The highest BCUT2D eigenvalue weighted by Gasteiger charge is 2.18. The lowest BCUT2D eigenvalue weighted by Crippen LogP contribution is -2.27. The third kappa shape index (κ3) is 4.50. The van der Waals surface area contributed by atoms with E-state index < -0.39 is 0 Å². The van der Waals surface area contributed by atoms with Gasteiger partial charge in [-0.2, -0.15) is 0 Å². The summed E-state index contributed by atoms with van der Waals surface area (Å²) in [7, 11) is 0. The molecule has 1 atom stereocenters. The summed E-state index contributed by atoms with van der Waals surface area (Å²) in [5.74, 6) is 0.585. The molecule has 0 spiro atoms. The summed E-state index contributed by atoms with van der Waals surface area (Å²) >= 11 is 0. The van der Waals surface area contributed by atoms with Gasteiger partial charge in [0, 0.05) is 18.2 Å². The van der Waals surface area contributed by atoms with Gasteiger partial charge in [-0.3, -0.25) is 4.79 Å². The van der Waals surface area contributed by atoms with Gasteiger partial charge in [-0.1, -0.05) is 52.8 Å². The fourth-order valence-electron chi connectivity index (χ4n) is 2.05. The van der Waals surface area contributed by atoms with Crippen LogP contribution in [0.4, 0.5) is 5.69 Å². The number of hydrogen-bond donors (Lipinski definition) is 2. The van der Waals surface area contributed by atoms with Crippen molar-refractivity contribution in [2.24, 2.45) is 11.7 Å². The van der Waals surface area contributed by atoms with Crippen LogP contribution in [0, 0.1) is 5.92 Å². The molecular weight excluding hydrogens is 272 g/mol. The van der Waals surface area contributed by atoms with Crippen LogP contribution in [0.5, 0.6) is 0 Å². The van der Waals surface area contributed by atoms with Crippen LogP contribution in [0.15, 0.2) is 18.2 Å². The second-order valence-corrected chi connectivity index (χ2v) is 5.75. The number of anilines is 1. The minimum atomic E-state index is -0.166. The molecule has 0 aliphatic rings. The molecule has 0 saturated carbocycles. The minimum absolute atomic E-state index is 0. The topological polar surface area (TPSA) is 55.1 Å². The Balaban J connectivity index is 0.00000361. The number of halogens is 1. The molecule has 0 aliphatic carbocycles. The molecule has 3 nitrogen and oxygen atoms in total. The summed E-state index contributed by atoms with van der Waals surface area (Å²) in [4.78, 5) is 12.1. The first-order valence-electron chi connectivity index (χ1n) is 7.02. The predicted molar refractivity (Wildman–Crippen MR) is 88.7 cm³/mol. The molecule has 0 saturated heterocycles. The molecule has 114 valence electrons. The van der Waals surface area contributed by atoms with Gasteiger partial charge >= 0.3 is 0 Å². The molecule has 1 aromatic rings. The van der Waals surface area contributed by atoms with E-state index in [4.69, 9.17) is 5.73 Å². The van der Waals surface area contributed by atoms with Crippen molar-refractivity contribution in [1.82, 2.24) is 0 Å². The largest absolute Gasteiger partial charge is 0.330 e. The Labute approximate surface area is 128 Å². The highest BCUT2D eigenvalue weighted by Crippen LogP contribution is 2.32. The summed E-state index contributed by atoms with van der Waals surface area (Å²) in [5, 5.41) is 3.07. The predicted octanol–water partition coefficient (Wildman–Crippen LogP) is 3.89. The molecule has 1 aromatic carbocycles. The number of hydrogen-bond acceptors (Lipinski definition) is 2. The molecule has 0 radical (unpaired) electrons. The molecule has 0 aliphatic heterocycles. The van der Waals surface area contributed by atoms with Crippen molar-refractivity contribution in [1.29, 1.82) is 0 Å². The van der Waals surface area contributed by atoms with Gasteiger partial charge in [-0.05, 0) is 23.0 Å². The number of nitrogens with one attached hydrogen (secondary N) is 1. The summed E-state index contributed by atoms with van der Waals surface area (Å²) in [6, 6.07) is 6.23. The van der Waals surface area contributed by atoms with Crippen molar-refractivity contribution in [3.05, 3.63) is 29.3 Å². The molecule has 1 unspecified atom stereocenters. The Morgan fingerprint density at radius 2 is 1.55 bits per heavy atom. The quantitative estimate of drug-likeness (QED) is 0.866. The summed E-state index contributed by atoms with van der Waals surface area (Å²) < 4.78 is 0. The highest BCUT2D eigenvalue weighted by atomic mass is 35.5. The van der Waals surface area contributed by atoms with Crippen LogP contribution in [0.3, 0.4) is 0 Å². The van der Waals surface area contributed by atoms with Gasteiger partial charge in [0.2, 0.25) is 5.91 Å². The lowest BCUT2D eigenvalue weighted by Gasteiger charge is -2.21. The summed E-state index contributed by atoms with van der Waals surface area (Å²) in [6.45, 7) is 10.8. The van der Waals surface area contributed by atoms with Crippen molar-refractivity contribution in [3.63, 3.8) is 0 Å². The minimum Gasteiger partial charge on any atom is -0.330 e. The Morgan fingerprint density at radius 3 is 1.90 bits per heavy atom. The van der Waals surface area contributed by atoms with E-state index in [-0.39, 0.29) is 24.2 Å². The number of para-hydroxylation sites is 1. The molecule has 0 aromatic heterocycles. The van der Waals surface area contributed by atoms with Gasteiger partial charge in [0.25, 0.3) is 0 Å². The molecule has 3 N–H and O–H groups in total. The van der Waals surface area contributed by atoms with Crippen molar-refractivity contribution in [2.45, 2.75) is 46.5 Å². The van der Waals surface area contributed by atoms with E-state index >= 15 is 0 Å². The number of benzene rings is 1. The van der Waals surface area contributed by atoms with E-state index in [1.807, 2.05) is 6.92 Å². The number of nitrogens with two attached hydrogens (primary N) is 1. The number of rotatable bonds is 5. The van der Waals surface area contributed by atoms with Crippen LogP contribution in [0.2, 0.25) is 0 Å². The van der Waals surface area contributed by atoms with E-state index in [9.17, 15) is 4.79 Å². The molecule has 0 bridgehead atoms. The zero-order valence-corrected chi connectivity index (χ0v) is 13.9. The SMILES string of the molecule is CC(CN)C(=O)Nc1c(C(C)C)cccc1C(C)C.Cl. The zero-order chi connectivity index (χ0) is 14.6. The maximum Gasteiger partial charge on any atom is 0.228 e. The van der Waals surface area contributed by atoms with E-state index in [1.165, 1.54) is 11.1 Å². The Kier molecular flexibility index (Phi) is 7.84. The van der Waals surface area contributed by atoms with Crippen molar-refractivity contribution < 1.29 is 4.79 Å². The number of amides is 1. The fraction of sp³-hybridized carbons (Fsp3) is 0.562. The molecule has 20 heavy (non-hydrogen) atoms. The Hall–Kier alpha value is -1.06. The average Bonchev–Trinajstić information content (AvgIpc) is 2.37. The lowest BCUT2D eigenvalue weighted by atomic mass is 9.92. The zero-order valence-electron chi connectivity index (χ0n) is 13.1. The highest BCUT2D eigenvalue weighted by molar-refractivity contribution is 5.94.